The van der Waals surface area contributed by atoms with Gasteiger partial charge < -0.3 is 13.6 Å². The van der Waals surface area contributed by atoms with Gasteiger partial charge in [-0.15, -0.1) is 0 Å². The molecule has 0 atom stereocenters. The molecule has 0 aliphatic carbocycles. The van der Waals surface area contributed by atoms with Crippen molar-refractivity contribution in [2.24, 2.45) is 0 Å². The Hall–Kier alpha value is -8.54. The van der Waals surface area contributed by atoms with Gasteiger partial charge in [0.2, 0.25) is 0 Å². The Balaban J connectivity index is 1.05. The lowest BCUT2D eigenvalue weighted by molar-refractivity contribution is 0.669. The molecule has 0 saturated carbocycles. The van der Waals surface area contributed by atoms with E-state index in [0.29, 0.717) is 5.82 Å². The van der Waals surface area contributed by atoms with Crippen molar-refractivity contribution < 1.29 is 4.42 Å². The summed E-state index contributed by atoms with van der Waals surface area (Å²) in [5, 5.41) is 7.10. The minimum atomic E-state index is 0.665. The molecular formula is C58H36N4O. The standard InChI is InChI=1S/C58H36N4O/c1-2-15-37(16-3-1)58-59-50(40-18-14-17-38(31-40)39-29-30-49-48-23-8-13-28-56(48)63-57(49)34-39)36-51(60-58)41-32-42(61-52-24-9-4-19-44(52)45-20-5-10-25-53(45)61)35-43(33-41)62-54-26-11-6-21-46(54)47-22-7-12-27-55(47)62/h1-36H. The molecule has 13 rings (SSSR count). The van der Waals surface area contributed by atoms with E-state index in [9.17, 15) is 0 Å². The second-order valence-electron chi connectivity index (χ2n) is 16.2. The summed E-state index contributed by atoms with van der Waals surface area (Å²) in [5.41, 5.74) is 15.2. The Morgan fingerprint density at radius 3 is 1.35 bits per heavy atom. The summed E-state index contributed by atoms with van der Waals surface area (Å²) in [7, 11) is 0. The van der Waals surface area contributed by atoms with Crippen LogP contribution in [-0.2, 0) is 0 Å². The Morgan fingerprint density at radius 2 is 0.746 bits per heavy atom. The molecule has 0 N–H and O–H groups in total. The molecule has 5 heteroatoms. The first-order valence-electron chi connectivity index (χ1n) is 21.3. The minimum Gasteiger partial charge on any atom is -0.456 e. The van der Waals surface area contributed by atoms with Crippen LogP contribution in [0.5, 0.6) is 0 Å². The molecule has 0 amide bonds. The largest absolute Gasteiger partial charge is 0.456 e. The molecule has 294 valence electrons. The number of furan rings is 1. The van der Waals surface area contributed by atoms with Gasteiger partial charge in [0.05, 0.1) is 33.5 Å². The van der Waals surface area contributed by atoms with Gasteiger partial charge in [-0.2, -0.15) is 0 Å². The third-order valence-corrected chi connectivity index (χ3v) is 12.5. The maximum absolute atomic E-state index is 6.30. The molecule has 0 aliphatic rings. The van der Waals surface area contributed by atoms with Gasteiger partial charge in [0, 0.05) is 60.4 Å². The van der Waals surface area contributed by atoms with Gasteiger partial charge in [0.25, 0.3) is 0 Å². The van der Waals surface area contributed by atoms with Gasteiger partial charge in [-0.1, -0.05) is 146 Å². The Kier molecular flexibility index (Phi) is 7.84. The molecule has 63 heavy (non-hydrogen) atoms. The summed E-state index contributed by atoms with van der Waals surface area (Å²) >= 11 is 0. The second-order valence-corrected chi connectivity index (χ2v) is 16.2. The van der Waals surface area contributed by atoms with Crippen molar-refractivity contribution in [1.82, 2.24) is 19.1 Å². The molecule has 9 aromatic carbocycles. The van der Waals surface area contributed by atoms with Gasteiger partial charge in [0.1, 0.15) is 11.2 Å². The van der Waals surface area contributed by atoms with E-state index < -0.39 is 0 Å². The van der Waals surface area contributed by atoms with E-state index >= 15 is 0 Å². The SMILES string of the molecule is c1ccc(-c2nc(-c3cccc(-c4ccc5c(c4)oc4ccccc45)c3)cc(-c3cc(-n4c5ccccc5c5ccccc54)cc(-n4c5ccccc5c5ccccc54)c3)n2)cc1. The smallest absolute Gasteiger partial charge is 0.160 e. The summed E-state index contributed by atoms with van der Waals surface area (Å²) in [5.74, 6) is 0.665. The molecule has 5 nitrogen and oxygen atoms in total. The molecule has 0 bridgehead atoms. The Labute approximate surface area is 362 Å². The zero-order valence-corrected chi connectivity index (χ0v) is 34.0. The van der Waals surface area contributed by atoms with Crippen LogP contribution >= 0.6 is 0 Å². The van der Waals surface area contributed by atoms with Crippen molar-refractivity contribution in [3.05, 3.63) is 218 Å². The van der Waals surface area contributed by atoms with E-state index in [2.05, 4.69) is 197 Å². The van der Waals surface area contributed by atoms with Crippen LogP contribution in [0.4, 0.5) is 0 Å². The molecule has 0 saturated heterocycles. The molecule has 0 spiro atoms. The molecule has 4 aromatic heterocycles. The van der Waals surface area contributed by atoms with Crippen LogP contribution in [-0.4, -0.2) is 19.1 Å². The lowest BCUT2D eigenvalue weighted by Crippen LogP contribution is -2.01. The maximum atomic E-state index is 6.30. The summed E-state index contributed by atoms with van der Waals surface area (Å²) < 4.78 is 11.1. The summed E-state index contributed by atoms with van der Waals surface area (Å²) in [6, 6.07) is 77.4. The van der Waals surface area contributed by atoms with Crippen molar-refractivity contribution in [3.63, 3.8) is 0 Å². The molecule has 0 fully saturated rings. The van der Waals surface area contributed by atoms with Crippen LogP contribution in [0.25, 0.3) is 122 Å². The van der Waals surface area contributed by atoms with Crippen LogP contribution in [0.3, 0.4) is 0 Å². The summed E-state index contributed by atoms with van der Waals surface area (Å²) in [4.78, 5) is 10.7. The van der Waals surface area contributed by atoms with E-state index in [1.54, 1.807) is 0 Å². The first kappa shape index (κ1) is 35.2. The summed E-state index contributed by atoms with van der Waals surface area (Å²) in [6.45, 7) is 0. The van der Waals surface area contributed by atoms with Gasteiger partial charge >= 0.3 is 0 Å². The molecule has 13 aromatic rings. The molecule has 4 heterocycles. The highest BCUT2D eigenvalue weighted by atomic mass is 16.3. The van der Waals surface area contributed by atoms with Gasteiger partial charge in [-0.05, 0) is 83.9 Å². The monoisotopic (exact) mass is 804 g/mol. The van der Waals surface area contributed by atoms with Crippen molar-refractivity contribution in [3.8, 4) is 56.4 Å². The van der Waals surface area contributed by atoms with E-state index in [1.807, 2.05) is 30.3 Å². The fraction of sp³-hybridized carbons (Fsp3) is 0. The number of nitrogens with zero attached hydrogens (tertiary/aromatic N) is 4. The second kappa shape index (κ2) is 14.0. The van der Waals surface area contributed by atoms with Crippen molar-refractivity contribution in [2.45, 2.75) is 0 Å². The first-order valence-corrected chi connectivity index (χ1v) is 21.3. The van der Waals surface area contributed by atoms with Crippen LogP contribution in [0.15, 0.2) is 223 Å². The summed E-state index contributed by atoms with van der Waals surface area (Å²) in [6.07, 6.45) is 0. The number of rotatable bonds is 6. The zero-order valence-electron chi connectivity index (χ0n) is 34.0. The number of fused-ring (bicyclic) bond motifs is 9. The van der Waals surface area contributed by atoms with Crippen molar-refractivity contribution in [1.29, 1.82) is 0 Å². The topological polar surface area (TPSA) is 48.8 Å². The average molecular weight is 805 g/mol. The van der Waals surface area contributed by atoms with Crippen molar-refractivity contribution >= 4 is 65.6 Å². The van der Waals surface area contributed by atoms with Crippen LogP contribution in [0, 0.1) is 0 Å². The fourth-order valence-corrected chi connectivity index (χ4v) is 9.63. The quantitative estimate of drug-likeness (QED) is 0.168. The van der Waals surface area contributed by atoms with Crippen LogP contribution in [0.1, 0.15) is 0 Å². The number of para-hydroxylation sites is 5. The lowest BCUT2D eigenvalue weighted by Gasteiger charge is -2.16. The fourth-order valence-electron chi connectivity index (χ4n) is 9.63. The number of benzene rings is 9. The van der Waals surface area contributed by atoms with E-state index in [-0.39, 0.29) is 0 Å². The molecule has 0 radical (unpaired) electrons. The first-order chi connectivity index (χ1) is 31.2. The minimum absolute atomic E-state index is 0.665. The van der Waals surface area contributed by atoms with Crippen molar-refractivity contribution in [2.75, 3.05) is 0 Å². The molecule has 0 unspecified atom stereocenters. The van der Waals surface area contributed by atoms with Gasteiger partial charge in [-0.25, -0.2) is 9.97 Å². The molecular weight excluding hydrogens is 769 g/mol. The third-order valence-electron chi connectivity index (χ3n) is 12.5. The van der Waals surface area contributed by atoms with Gasteiger partial charge in [-0.3, -0.25) is 0 Å². The third kappa shape index (κ3) is 5.71. The van der Waals surface area contributed by atoms with E-state index in [1.165, 1.54) is 21.5 Å². The van der Waals surface area contributed by atoms with E-state index in [0.717, 1.165) is 94.6 Å². The predicted octanol–water partition coefficient (Wildman–Crippen LogP) is 15.2. The van der Waals surface area contributed by atoms with Crippen LogP contribution in [0.2, 0.25) is 0 Å². The van der Waals surface area contributed by atoms with Crippen LogP contribution < -0.4 is 0 Å². The highest BCUT2D eigenvalue weighted by molar-refractivity contribution is 6.11. The van der Waals surface area contributed by atoms with Gasteiger partial charge in [0.15, 0.2) is 5.82 Å². The zero-order chi connectivity index (χ0) is 41.4. The molecule has 0 aliphatic heterocycles. The number of hydrogen-bond donors (Lipinski definition) is 0. The maximum Gasteiger partial charge on any atom is 0.160 e. The average Bonchev–Trinajstić information content (AvgIpc) is 4.02. The Morgan fingerprint density at radius 1 is 0.286 bits per heavy atom. The highest BCUT2D eigenvalue weighted by Gasteiger charge is 2.19. The Bertz CT molecular complexity index is 3690. The predicted molar refractivity (Wildman–Crippen MR) is 260 cm³/mol. The van der Waals surface area contributed by atoms with E-state index in [4.69, 9.17) is 14.4 Å². The number of aromatic nitrogens is 4. The lowest BCUT2D eigenvalue weighted by atomic mass is 9.99. The highest BCUT2D eigenvalue weighted by Crippen LogP contribution is 2.39. The number of hydrogen-bond acceptors (Lipinski definition) is 3. The normalized spacial score (nSPS) is 11.8.